The van der Waals surface area contributed by atoms with Gasteiger partial charge in [-0.2, -0.15) is 5.26 Å². The van der Waals surface area contributed by atoms with Gasteiger partial charge in [0.05, 0.1) is 18.4 Å². The maximum Gasteiger partial charge on any atom is 0.119 e. The number of rotatable bonds is 4. The Hall–Kier alpha value is -1.99. The van der Waals surface area contributed by atoms with Crippen LogP contribution in [0.4, 0.5) is 5.69 Å². The van der Waals surface area contributed by atoms with Crippen molar-refractivity contribution in [2.24, 2.45) is 0 Å². The van der Waals surface area contributed by atoms with Crippen molar-refractivity contribution in [2.75, 3.05) is 19.1 Å². The standard InChI is InChI=1S/C16H15BrN2O/c1-19(11-12-5-3-6-13(9-12)20-2)16-8-4-7-15(17)14(16)10-18/h3-9H,11H2,1-2H3. The zero-order chi connectivity index (χ0) is 14.5. The summed E-state index contributed by atoms with van der Waals surface area (Å²) in [6.07, 6.45) is 0. The maximum atomic E-state index is 9.27. The molecule has 102 valence electrons. The fourth-order valence-electron chi connectivity index (χ4n) is 2.07. The van der Waals surface area contributed by atoms with E-state index in [-0.39, 0.29) is 0 Å². The molecule has 3 nitrogen and oxygen atoms in total. The molecule has 20 heavy (non-hydrogen) atoms. The molecule has 0 bridgehead atoms. The van der Waals surface area contributed by atoms with Gasteiger partial charge in [0, 0.05) is 18.1 Å². The Bertz CT molecular complexity index is 649. The van der Waals surface area contributed by atoms with E-state index >= 15 is 0 Å². The quantitative estimate of drug-likeness (QED) is 0.851. The summed E-state index contributed by atoms with van der Waals surface area (Å²) in [5.41, 5.74) is 2.69. The molecule has 0 aliphatic carbocycles. The Morgan fingerprint density at radius 2 is 2.00 bits per heavy atom. The number of nitriles is 1. The summed E-state index contributed by atoms with van der Waals surface area (Å²) in [4.78, 5) is 2.05. The van der Waals surface area contributed by atoms with E-state index in [0.29, 0.717) is 12.1 Å². The van der Waals surface area contributed by atoms with Gasteiger partial charge in [-0.3, -0.25) is 0 Å². The number of anilines is 1. The number of halogens is 1. The van der Waals surface area contributed by atoms with Crippen molar-refractivity contribution in [2.45, 2.75) is 6.54 Å². The third-order valence-corrected chi connectivity index (χ3v) is 3.73. The average molecular weight is 331 g/mol. The summed E-state index contributed by atoms with van der Waals surface area (Å²) < 4.78 is 6.04. The van der Waals surface area contributed by atoms with Gasteiger partial charge in [0.2, 0.25) is 0 Å². The van der Waals surface area contributed by atoms with Crippen molar-refractivity contribution in [1.29, 1.82) is 5.26 Å². The lowest BCUT2D eigenvalue weighted by atomic mass is 10.1. The molecule has 0 fully saturated rings. The highest BCUT2D eigenvalue weighted by Gasteiger charge is 2.10. The van der Waals surface area contributed by atoms with Gasteiger partial charge < -0.3 is 9.64 Å². The molecule has 2 aromatic carbocycles. The zero-order valence-corrected chi connectivity index (χ0v) is 13.0. The predicted molar refractivity (Wildman–Crippen MR) is 84.0 cm³/mol. The molecule has 0 radical (unpaired) electrons. The highest BCUT2D eigenvalue weighted by Crippen LogP contribution is 2.27. The van der Waals surface area contributed by atoms with E-state index in [1.807, 2.05) is 49.5 Å². The summed E-state index contributed by atoms with van der Waals surface area (Å²) in [5.74, 6) is 0.839. The van der Waals surface area contributed by atoms with Crippen molar-refractivity contribution < 1.29 is 4.74 Å². The SMILES string of the molecule is COc1cccc(CN(C)c2cccc(Br)c2C#N)c1. The van der Waals surface area contributed by atoms with Crippen LogP contribution in [0.5, 0.6) is 5.75 Å². The van der Waals surface area contributed by atoms with Crippen LogP contribution in [0.15, 0.2) is 46.9 Å². The second-order valence-electron chi connectivity index (χ2n) is 4.45. The molecule has 0 unspecified atom stereocenters. The van der Waals surface area contributed by atoms with Crippen LogP contribution in [0.2, 0.25) is 0 Å². The first-order valence-corrected chi connectivity index (χ1v) is 6.97. The zero-order valence-electron chi connectivity index (χ0n) is 11.4. The number of hydrogen-bond acceptors (Lipinski definition) is 3. The molecular weight excluding hydrogens is 316 g/mol. The molecule has 0 aliphatic rings. The van der Waals surface area contributed by atoms with Crippen molar-refractivity contribution in [1.82, 2.24) is 0 Å². The first kappa shape index (κ1) is 14.4. The molecule has 0 spiro atoms. The van der Waals surface area contributed by atoms with Crippen molar-refractivity contribution in [3.05, 3.63) is 58.1 Å². The van der Waals surface area contributed by atoms with Gasteiger partial charge in [-0.25, -0.2) is 0 Å². The third kappa shape index (κ3) is 3.12. The average Bonchev–Trinajstić information content (AvgIpc) is 2.47. The van der Waals surface area contributed by atoms with Gasteiger partial charge in [0.25, 0.3) is 0 Å². The molecule has 2 aromatic rings. The fraction of sp³-hybridized carbons (Fsp3) is 0.188. The van der Waals surface area contributed by atoms with E-state index in [4.69, 9.17) is 4.74 Å². The van der Waals surface area contributed by atoms with Crippen molar-refractivity contribution in [3.63, 3.8) is 0 Å². The number of nitrogens with zero attached hydrogens (tertiary/aromatic N) is 2. The van der Waals surface area contributed by atoms with Crippen LogP contribution in [0, 0.1) is 11.3 Å². The minimum atomic E-state index is 0.651. The summed E-state index contributed by atoms with van der Waals surface area (Å²) in [6, 6.07) is 15.9. The molecule has 0 saturated carbocycles. The minimum absolute atomic E-state index is 0.651. The highest BCUT2D eigenvalue weighted by atomic mass is 79.9. The third-order valence-electron chi connectivity index (χ3n) is 3.07. The first-order valence-electron chi connectivity index (χ1n) is 6.18. The number of methoxy groups -OCH3 is 1. The Labute approximate surface area is 127 Å². The molecule has 0 heterocycles. The second-order valence-corrected chi connectivity index (χ2v) is 5.31. The Kier molecular flexibility index (Phi) is 4.65. The van der Waals surface area contributed by atoms with E-state index in [2.05, 4.69) is 26.9 Å². The van der Waals surface area contributed by atoms with Crippen LogP contribution >= 0.6 is 15.9 Å². The van der Waals surface area contributed by atoms with Crippen LogP contribution in [-0.4, -0.2) is 14.2 Å². The molecule has 0 atom stereocenters. The maximum absolute atomic E-state index is 9.27. The molecule has 0 aliphatic heterocycles. The monoisotopic (exact) mass is 330 g/mol. The van der Waals surface area contributed by atoms with E-state index in [1.54, 1.807) is 7.11 Å². The molecule has 2 rings (SSSR count). The largest absolute Gasteiger partial charge is 0.497 e. The number of hydrogen-bond donors (Lipinski definition) is 0. The van der Waals surface area contributed by atoms with Gasteiger partial charge >= 0.3 is 0 Å². The lowest BCUT2D eigenvalue weighted by molar-refractivity contribution is 0.414. The molecule has 0 N–H and O–H groups in total. The van der Waals surface area contributed by atoms with Gasteiger partial charge in [0.1, 0.15) is 11.8 Å². The Morgan fingerprint density at radius 1 is 1.25 bits per heavy atom. The van der Waals surface area contributed by atoms with E-state index in [1.165, 1.54) is 0 Å². The van der Waals surface area contributed by atoms with Crippen LogP contribution in [0.3, 0.4) is 0 Å². The fourth-order valence-corrected chi connectivity index (χ4v) is 2.52. The number of ether oxygens (including phenoxy) is 1. The van der Waals surface area contributed by atoms with E-state index < -0.39 is 0 Å². The second kappa shape index (κ2) is 6.44. The number of benzene rings is 2. The Morgan fingerprint density at radius 3 is 2.70 bits per heavy atom. The first-order chi connectivity index (χ1) is 9.65. The summed E-state index contributed by atoms with van der Waals surface area (Å²) in [6.45, 7) is 0.711. The predicted octanol–water partition coefficient (Wildman–Crippen LogP) is 3.97. The van der Waals surface area contributed by atoms with Gasteiger partial charge in [-0.1, -0.05) is 18.2 Å². The summed E-state index contributed by atoms with van der Waals surface area (Å²) in [7, 11) is 3.63. The lowest BCUT2D eigenvalue weighted by Crippen LogP contribution is -2.17. The summed E-state index contributed by atoms with van der Waals surface area (Å²) >= 11 is 3.41. The molecule has 0 amide bonds. The Balaban J connectivity index is 2.26. The van der Waals surface area contributed by atoms with Gasteiger partial charge in [0.15, 0.2) is 0 Å². The van der Waals surface area contributed by atoms with Crippen LogP contribution in [0.25, 0.3) is 0 Å². The van der Waals surface area contributed by atoms with Crippen LogP contribution in [-0.2, 0) is 6.54 Å². The molecule has 0 aromatic heterocycles. The van der Waals surface area contributed by atoms with Crippen molar-refractivity contribution >= 4 is 21.6 Å². The molecular formula is C16H15BrN2O. The highest BCUT2D eigenvalue weighted by molar-refractivity contribution is 9.10. The minimum Gasteiger partial charge on any atom is -0.497 e. The van der Waals surface area contributed by atoms with E-state index in [9.17, 15) is 5.26 Å². The van der Waals surface area contributed by atoms with E-state index in [0.717, 1.165) is 21.5 Å². The molecule has 0 saturated heterocycles. The normalized spacial score (nSPS) is 9.90. The van der Waals surface area contributed by atoms with Crippen molar-refractivity contribution in [3.8, 4) is 11.8 Å². The smallest absolute Gasteiger partial charge is 0.119 e. The van der Waals surface area contributed by atoms with Gasteiger partial charge in [-0.05, 0) is 45.8 Å². The van der Waals surface area contributed by atoms with Gasteiger partial charge in [-0.15, -0.1) is 0 Å². The van der Waals surface area contributed by atoms with Crippen LogP contribution in [0.1, 0.15) is 11.1 Å². The van der Waals surface area contributed by atoms with Crippen LogP contribution < -0.4 is 9.64 Å². The summed E-state index contributed by atoms with van der Waals surface area (Å²) in [5, 5.41) is 9.27. The molecule has 4 heteroatoms. The lowest BCUT2D eigenvalue weighted by Gasteiger charge is -2.21. The topological polar surface area (TPSA) is 36.3 Å².